The molecular weight excluding hydrogens is 298 g/mol. The van der Waals surface area contributed by atoms with Crippen molar-refractivity contribution in [3.63, 3.8) is 0 Å². The topological polar surface area (TPSA) is 87.3 Å². The van der Waals surface area contributed by atoms with Crippen molar-refractivity contribution in [2.24, 2.45) is 0 Å². The number of amides is 1. The van der Waals surface area contributed by atoms with Crippen LogP contribution in [0.4, 0.5) is 0 Å². The van der Waals surface area contributed by atoms with Gasteiger partial charge in [0, 0.05) is 30.9 Å². The van der Waals surface area contributed by atoms with Crippen molar-refractivity contribution >= 4 is 27.3 Å². The van der Waals surface area contributed by atoms with Crippen LogP contribution < -0.4 is 15.4 Å². The van der Waals surface area contributed by atoms with E-state index >= 15 is 0 Å². The summed E-state index contributed by atoms with van der Waals surface area (Å²) in [5, 5.41) is 5.65. The van der Waals surface area contributed by atoms with Gasteiger partial charge in [0.25, 0.3) is 0 Å². The van der Waals surface area contributed by atoms with Crippen LogP contribution in [0.25, 0.3) is 0 Å². The van der Waals surface area contributed by atoms with Gasteiger partial charge in [-0.1, -0.05) is 0 Å². The summed E-state index contributed by atoms with van der Waals surface area (Å²) in [7, 11) is -1.66. The molecule has 0 aliphatic heterocycles. The number of nitrogens with one attached hydrogen (secondary N) is 3. The van der Waals surface area contributed by atoms with Crippen LogP contribution in [0.2, 0.25) is 0 Å². The molecule has 0 aromatic carbocycles. The summed E-state index contributed by atoms with van der Waals surface area (Å²) in [6.07, 6.45) is 0.632. The summed E-state index contributed by atoms with van der Waals surface area (Å²) in [6.45, 7) is 4.21. The monoisotopic (exact) mass is 319 g/mol. The Labute approximate surface area is 124 Å². The Balaban J connectivity index is 2.58. The maximum Gasteiger partial charge on any atom is 0.250 e. The number of carbonyl (C=O) groups excluding carboxylic acids is 1. The fourth-order valence-corrected chi connectivity index (χ4v) is 3.94. The maximum atomic E-state index is 12.0. The Morgan fingerprint density at radius 2 is 2.10 bits per heavy atom. The van der Waals surface area contributed by atoms with Crippen molar-refractivity contribution in [3.8, 4) is 0 Å². The molecule has 0 saturated heterocycles. The predicted octanol–water partition coefficient (Wildman–Crippen LogP) is 0.313. The van der Waals surface area contributed by atoms with Gasteiger partial charge in [0.1, 0.15) is 4.21 Å². The first-order valence-corrected chi connectivity index (χ1v) is 8.65. The first-order chi connectivity index (χ1) is 9.35. The highest BCUT2D eigenvalue weighted by Crippen LogP contribution is 2.21. The molecule has 0 aliphatic rings. The van der Waals surface area contributed by atoms with E-state index in [4.69, 9.17) is 0 Å². The van der Waals surface area contributed by atoms with Gasteiger partial charge in [0.2, 0.25) is 15.9 Å². The summed E-state index contributed by atoms with van der Waals surface area (Å²) in [5.74, 6) is -0.0860. The van der Waals surface area contributed by atoms with Crippen molar-refractivity contribution in [3.05, 3.63) is 17.0 Å². The van der Waals surface area contributed by atoms with E-state index in [1.165, 1.54) is 18.3 Å². The molecule has 1 atom stereocenters. The largest absolute Gasteiger partial charge is 0.356 e. The lowest BCUT2D eigenvalue weighted by Gasteiger charge is -2.10. The fourth-order valence-electron chi connectivity index (χ4n) is 1.41. The van der Waals surface area contributed by atoms with Gasteiger partial charge < -0.3 is 10.6 Å². The third-order valence-corrected chi connectivity index (χ3v) is 5.78. The van der Waals surface area contributed by atoms with E-state index in [0.717, 1.165) is 4.88 Å². The molecule has 20 heavy (non-hydrogen) atoms. The Bertz CT molecular complexity index is 540. The minimum absolute atomic E-state index is 0.0731. The lowest BCUT2D eigenvalue weighted by molar-refractivity contribution is -0.118. The van der Waals surface area contributed by atoms with Gasteiger partial charge in [-0.3, -0.25) is 4.79 Å². The lowest BCUT2D eigenvalue weighted by Crippen LogP contribution is -2.36. The van der Waals surface area contributed by atoms with Gasteiger partial charge in [-0.25, -0.2) is 13.1 Å². The highest BCUT2D eigenvalue weighted by Gasteiger charge is 2.17. The molecular formula is C12H21N3O3S2. The van der Waals surface area contributed by atoms with Gasteiger partial charge >= 0.3 is 0 Å². The van der Waals surface area contributed by atoms with Gasteiger partial charge in [-0.15, -0.1) is 11.3 Å². The second-order valence-electron chi connectivity index (χ2n) is 4.50. The zero-order valence-corrected chi connectivity index (χ0v) is 13.5. The molecule has 1 unspecified atom stereocenters. The number of carbonyl (C=O) groups is 1. The normalized spacial score (nSPS) is 13.2. The Morgan fingerprint density at radius 1 is 1.40 bits per heavy atom. The molecule has 1 aromatic rings. The van der Waals surface area contributed by atoms with Crippen LogP contribution in [-0.2, 0) is 21.2 Å². The number of hydrogen-bond donors (Lipinski definition) is 3. The molecule has 0 fully saturated rings. The molecule has 3 N–H and O–H groups in total. The van der Waals surface area contributed by atoms with E-state index in [-0.39, 0.29) is 11.9 Å². The van der Waals surface area contributed by atoms with E-state index < -0.39 is 10.0 Å². The van der Waals surface area contributed by atoms with E-state index in [2.05, 4.69) is 15.4 Å². The first-order valence-electron chi connectivity index (χ1n) is 6.35. The smallest absolute Gasteiger partial charge is 0.250 e. The molecule has 1 aromatic heterocycles. The molecule has 0 aliphatic carbocycles. The van der Waals surface area contributed by atoms with Gasteiger partial charge in [-0.05, 0) is 32.5 Å². The molecule has 114 valence electrons. The molecule has 1 heterocycles. The number of sulfonamides is 1. The summed E-state index contributed by atoms with van der Waals surface area (Å²) < 4.78 is 27.0. The van der Waals surface area contributed by atoms with E-state index in [1.807, 2.05) is 6.92 Å². The average Bonchev–Trinajstić information content (AvgIpc) is 2.85. The molecule has 0 saturated carbocycles. The molecule has 8 heteroatoms. The second-order valence-corrected chi connectivity index (χ2v) is 7.66. The molecule has 6 nitrogen and oxygen atoms in total. The minimum atomic E-state index is -3.44. The minimum Gasteiger partial charge on any atom is -0.356 e. The van der Waals surface area contributed by atoms with Crippen molar-refractivity contribution in [2.75, 3.05) is 20.1 Å². The van der Waals surface area contributed by atoms with Crippen molar-refractivity contribution in [2.45, 2.75) is 30.5 Å². The van der Waals surface area contributed by atoms with E-state index in [1.54, 1.807) is 19.2 Å². The summed E-state index contributed by atoms with van der Waals surface area (Å²) in [6, 6.07) is 3.45. The molecule has 1 rings (SSSR count). The van der Waals surface area contributed by atoms with Crippen LogP contribution in [0.1, 0.15) is 18.7 Å². The summed E-state index contributed by atoms with van der Waals surface area (Å²) in [4.78, 5) is 11.7. The highest BCUT2D eigenvalue weighted by molar-refractivity contribution is 7.91. The molecule has 0 radical (unpaired) electrons. The van der Waals surface area contributed by atoms with Crippen LogP contribution in [0.3, 0.4) is 0 Å². The van der Waals surface area contributed by atoms with Crippen molar-refractivity contribution in [1.29, 1.82) is 0 Å². The SMILES string of the molecule is CNC(C)CNS(=O)(=O)c1ccc(CCNC(C)=O)s1. The highest BCUT2D eigenvalue weighted by atomic mass is 32.2. The predicted molar refractivity (Wildman–Crippen MR) is 80.4 cm³/mol. The van der Waals surface area contributed by atoms with Gasteiger partial charge in [0.05, 0.1) is 0 Å². The van der Waals surface area contributed by atoms with Crippen LogP contribution in [0, 0.1) is 0 Å². The third-order valence-electron chi connectivity index (χ3n) is 2.72. The zero-order chi connectivity index (χ0) is 15.2. The molecule has 1 amide bonds. The Kier molecular flexibility index (Phi) is 6.60. The number of likely N-dealkylation sites (N-methyl/N-ethyl adjacent to an activating group) is 1. The molecule has 0 spiro atoms. The first kappa shape index (κ1) is 17.1. The van der Waals surface area contributed by atoms with Crippen LogP contribution >= 0.6 is 11.3 Å². The number of hydrogen-bond acceptors (Lipinski definition) is 5. The molecule has 0 bridgehead atoms. The average molecular weight is 319 g/mol. The lowest BCUT2D eigenvalue weighted by atomic mass is 10.3. The fraction of sp³-hybridized carbons (Fsp3) is 0.583. The quantitative estimate of drug-likeness (QED) is 0.644. The third kappa shape index (κ3) is 5.58. The van der Waals surface area contributed by atoms with Gasteiger partial charge in [0.15, 0.2) is 0 Å². The van der Waals surface area contributed by atoms with Crippen molar-refractivity contribution < 1.29 is 13.2 Å². The maximum absolute atomic E-state index is 12.0. The Hall–Kier alpha value is -0.960. The standard InChI is InChI=1S/C12H21N3O3S2/c1-9(13-3)8-15-20(17,18)12-5-4-11(19-12)6-7-14-10(2)16/h4-5,9,13,15H,6-8H2,1-3H3,(H,14,16). The van der Waals surface area contributed by atoms with Crippen LogP contribution in [0.15, 0.2) is 16.3 Å². The summed E-state index contributed by atoms with van der Waals surface area (Å²) in [5.41, 5.74) is 0. The van der Waals surface area contributed by atoms with E-state index in [0.29, 0.717) is 23.7 Å². The number of rotatable bonds is 8. The second kappa shape index (κ2) is 7.72. The van der Waals surface area contributed by atoms with Crippen molar-refractivity contribution in [1.82, 2.24) is 15.4 Å². The number of thiophene rings is 1. The van der Waals surface area contributed by atoms with Crippen LogP contribution in [-0.4, -0.2) is 40.5 Å². The van der Waals surface area contributed by atoms with Crippen LogP contribution in [0.5, 0.6) is 0 Å². The Morgan fingerprint density at radius 3 is 2.70 bits per heavy atom. The van der Waals surface area contributed by atoms with Gasteiger partial charge in [-0.2, -0.15) is 0 Å². The zero-order valence-electron chi connectivity index (χ0n) is 11.9. The summed E-state index contributed by atoms with van der Waals surface area (Å²) >= 11 is 1.23. The van der Waals surface area contributed by atoms with E-state index in [9.17, 15) is 13.2 Å².